The lowest BCUT2D eigenvalue weighted by molar-refractivity contribution is -0.0577. The van der Waals surface area contributed by atoms with Crippen molar-refractivity contribution in [1.82, 2.24) is 9.88 Å². The monoisotopic (exact) mass is 318 g/mol. The predicted molar refractivity (Wildman–Crippen MR) is 92.3 cm³/mol. The largest absolute Gasteiger partial charge is 0.390 e. The lowest BCUT2D eigenvalue weighted by Crippen LogP contribution is -2.52. The van der Waals surface area contributed by atoms with E-state index in [-0.39, 0.29) is 11.8 Å². The van der Waals surface area contributed by atoms with Gasteiger partial charge in [0.15, 0.2) is 0 Å². The van der Waals surface area contributed by atoms with Crippen LogP contribution in [-0.4, -0.2) is 39.6 Å². The van der Waals surface area contributed by atoms with E-state index in [2.05, 4.69) is 25.8 Å². The van der Waals surface area contributed by atoms with Gasteiger partial charge in [-0.15, -0.1) is 0 Å². The summed E-state index contributed by atoms with van der Waals surface area (Å²) in [4.78, 5) is 19.0. The maximum atomic E-state index is 12.8. The highest BCUT2D eigenvalue weighted by molar-refractivity contribution is 5.94. The zero-order valence-electron chi connectivity index (χ0n) is 14.9. The van der Waals surface area contributed by atoms with Crippen LogP contribution in [0.25, 0.3) is 0 Å². The van der Waals surface area contributed by atoms with Crippen molar-refractivity contribution in [3.8, 4) is 0 Å². The van der Waals surface area contributed by atoms with Gasteiger partial charge in [-0.1, -0.05) is 27.2 Å². The zero-order chi connectivity index (χ0) is 17.0. The Morgan fingerprint density at radius 3 is 2.91 bits per heavy atom. The number of hydrogen-bond acceptors (Lipinski definition) is 3. The van der Waals surface area contributed by atoms with Gasteiger partial charge in [-0.05, 0) is 44.2 Å². The molecular weight excluding hydrogens is 288 g/mol. The molecule has 1 fully saturated rings. The Bertz CT molecular complexity index is 540. The predicted octanol–water partition coefficient (Wildman–Crippen LogP) is 3.29. The SMILES string of the molecule is CCCc1cc(C(=O)N2CC[C@](C)(O)[C@H](CC(C)C)C2)ccn1. The molecule has 1 amide bonds. The van der Waals surface area contributed by atoms with Crippen molar-refractivity contribution in [2.24, 2.45) is 11.8 Å². The molecule has 4 nitrogen and oxygen atoms in total. The van der Waals surface area contributed by atoms with E-state index in [0.717, 1.165) is 25.0 Å². The minimum absolute atomic E-state index is 0.0639. The number of carbonyl (C=O) groups is 1. The maximum absolute atomic E-state index is 12.8. The molecule has 128 valence electrons. The number of aliphatic hydroxyl groups is 1. The number of carbonyl (C=O) groups excluding carboxylic acids is 1. The topological polar surface area (TPSA) is 53.4 Å². The molecule has 0 aliphatic carbocycles. The number of pyridine rings is 1. The van der Waals surface area contributed by atoms with E-state index >= 15 is 0 Å². The molecule has 2 heterocycles. The Morgan fingerprint density at radius 2 is 2.26 bits per heavy atom. The van der Waals surface area contributed by atoms with E-state index in [9.17, 15) is 9.90 Å². The van der Waals surface area contributed by atoms with Crippen molar-refractivity contribution >= 4 is 5.91 Å². The lowest BCUT2D eigenvalue weighted by Gasteiger charge is -2.43. The average molecular weight is 318 g/mol. The molecule has 0 bridgehead atoms. The second-order valence-corrected chi connectivity index (χ2v) is 7.47. The lowest BCUT2D eigenvalue weighted by atomic mass is 9.78. The fourth-order valence-corrected chi connectivity index (χ4v) is 3.39. The van der Waals surface area contributed by atoms with Crippen LogP contribution in [-0.2, 0) is 6.42 Å². The van der Waals surface area contributed by atoms with Crippen molar-refractivity contribution in [2.45, 2.75) is 59.0 Å². The van der Waals surface area contributed by atoms with Gasteiger partial charge in [-0.2, -0.15) is 0 Å². The van der Waals surface area contributed by atoms with Crippen LogP contribution in [0.1, 0.15) is 63.0 Å². The van der Waals surface area contributed by atoms with Crippen molar-refractivity contribution in [2.75, 3.05) is 13.1 Å². The summed E-state index contributed by atoms with van der Waals surface area (Å²) < 4.78 is 0. The highest BCUT2D eigenvalue weighted by atomic mass is 16.3. The first-order valence-electron chi connectivity index (χ1n) is 8.80. The number of amides is 1. The molecule has 1 aromatic heterocycles. The Kier molecular flexibility index (Phi) is 5.79. The van der Waals surface area contributed by atoms with Gasteiger partial charge >= 0.3 is 0 Å². The Morgan fingerprint density at radius 1 is 1.52 bits per heavy atom. The van der Waals surface area contributed by atoms with E-state index in [1.807, 2.05) is 17.9 Å². The van der Waals surface area contributed by atoms with Gasteiger partial charge in [0.25, 0.3) is 5.91 Å². The first kappa shape index (κ1) is 17.9. The Balaban J connectivity index is 2.12. The zero-order valence-corrected chi connectivity index (χ0v) is 14.9. The molecule has 1 N–H and O–H groups in total. The van der Waals surface area contributed by atoms with Gasteiger partial charge in [0, 0.05) is 36.5 Å². The standard InChI is InChI=1S/C19H30N2O2/c1-5-6-17-12-15(7-9-20-17)18(22)21-10-8-19(4,23)16(13-21)11-14(2)3/h7,9,12,14,16,23H,5-6,8,10-11,13H2,1-4H3/t16-,19+/m1/s1. The van der Waals surface area contributed by atoms with Crippen molar-refractivity contribution in [3.63, 3.8) is 0 Å². The smallest absolute Gasteiger partial charge is 0.253 e. The molecule has 2 rings (SSSR count). The van der Waals surface area contributed by atoms with Crippen LogP contribution >= 0.6 is 0 Å². The molecular formula is C19H30N2O2. The maximum Gasteiger partial charge on any atom is 0.253 e. The van der Waals surface area contributed by atoms with Gasteiger partial charge in [0.05, 0.1) is 5.60 Å². The van der Waals surface area contributed by atoms with Gasteiger partial charge in [0.2, 0.25) is 0 Å². The molecule has 1 aliphatic heterocycles. The third-order valence-electron chi connectivity index (χ3n) is 4.82. The molecule has 1 saturated heterocycles. The number of piperidine rings is 1. The number of hydrogen-bond donors (Lipinski definition) is 1. The summed E-state index contributed by atoms with van der Waals surface area (Å²) in [5.41, 5.74) is 1.02. The highest BCUT2D eigenvalue weighted by Crippen LogP contribution is 2.32. The molecule has 0 unspecified atom stereocenters. The van der Waals surface area contributed by atoms with Gasteiger partial charge in [-0.3, -0.25) is 9.78 Å². The van der Waals surface area contributed by atoms with Gasteiger partial charge < -0.3 is 10.0 Å². The Labute approximate surface area is 139 Å². The molecule has 1 aromatic rings. The van der Waals surface area contributed by atoms with E-state index in [0.29, 0.717) is 31.0 Å². The fraction of sp³-hybridized carbons (Fsp3) is 0.684. The molecule has 0 radical (unpaired) electrons. The third kappa shape index (κ3) is 4.54. The van der Waals surface area contributed by atoms with Crippen LogP contribution in [0.4, 0.5) is 0 Å². The summed E-state index contributed by atoms with van der Waals surface area (Å²) in [5.74, 6) is 0.713. The summed E-state index contributed by atoms with van der Waals surface area (Å²) in [6.07, 6.45) is 5.22. The first-order valence-corrected chi connectivity index (χ1v) is 8.80. The normalized spacial score (nSPS) is 25.0. The van der Waals surface area contributed by atoms with Crippen molar-refractivity contribution in [1.29, 1.82) is 0 Å². The minimum atomic E-state index is -0.674. The van der Waals surface area contributed by atoms with Crippen molar-refractivity contribution < 1.29 is 9.90 Å². The number of aromatic nitrogens is 1. The molecule has 23 heavy (non-hydrogen) atoms. The van der Waals surface area contributed by atoms with Crippen LogP contribution < -0.4 is 0 Å². The van der Waals surface area contributed by atoms with Crippen molar-refractivity contribution in [3.05, 3.63) is 29.6 Å². The minimum Gasteiger partial charge on any atom is -0.390 e. The average Bonchev–Trinajstić information content (AvgIpc) is 2.49. The van der Waals surface area contributed by atoms with Crippen LogP contribution in [0.3, 0.4) is 0 Å². The second kappa shape index (κ2) is 7.43. The third-order valence-corrected chi connectivity index (χ3v) is 4.82. The molecule has 0 spiro atoms. The van der Waals surface area contributed by atoms with Crippen LogP contribution in [0.15, 0.2) is 18.3 Å². The molecule has 4 heteroatoms. The molecule has 1 aliphatic rings. The quantitative estimate of drug-likeness (QED) is 0.906. The highest BCUT2D eigenvalue weighted by Gasteiger charge is 2.39. The number of aryl methyl sites for hydroxylation is 1. The number of likely N-dealkylation sites (tertiary alicyclic amines) is 1. The summed E-state index contributed by atoms with van der Waals surface area (Å²) in [6, 6.07) is 3.71. The van der Waals surface area contributed by atoms with Gasteiger partial charge in [-0.25, -0.2) is 0 Å². The molecule has 0 saturated carbocycles. The van der Waals surface area contributed by atoms with E-state index < -0.39 is 5.60 Å². The molecule has 0 aromatic carbocycles. The van der Waals surface area contributed by atoms with Crippen LogP contribution in [0.2, 0.25) is 0 Å². The van der Waals surface area contributed by atoms with Crippen LogP contribution in [0, 0.1) is 11.8 Å². The molecule has 2 atom stereocenters. The summed E-state index contributed by atoms with van der Waals surface area (Å²) in [5, 5.41) is 10.6. The first-order chi connectivity index (χ1) is 10.8. The van der Waals surface area contributed by atoms with E-state index in [4.69, 9.17) is 0 Å². The Hall–Kier alpha value is -1.42. The van der Waals surface area contributed by atoms with E-state index in [1.165, 1.54) is 0 Å². The van der Waals surface area contributed by atoms with E-state index in [1.54, 1.807) is 12.3 Å². The fourth-order valence-electron chi connectivity index (χ4n) is 3.39. The summed E-state index contributed by atoms with van der Waals surface area (Å²) >= 11 is 0. The summed E-state index contributed by atoms with van der Waals surface area (Å²) in [6.45, 7) is 9.60. The number of nitrogens with zero attached hydrogens (tertiary/aromatic N) is 2. The van der Waals surface area contributed by atoms with Crippen LogP contribution in [0.5, 0.6) is 0 Å². The van der Waals surface area contributed by atoms with Gasteiger partial charge in [0.1, 0.15) is 0 Å². The summed E-state index contributed by atoms with van der Waals surface area (Å²) in [7, 11) is 0. The second-order valence-electron chi connectivity index (χ2n) is 7.47. The number of rotatable bonds is 5.